The van der Waals surface area contributed by atoms with E-state index in [1.54, 1.807) is 0 Å². The van der Waals surface area contributed by atoms with Crippen molar-refractivity contribution in [3.05, 3.63) is 29.6 Å². The zero-order chi connectivity index (χ0) is 17.4. The lowest BCUT2D eigenvalue weighted by molar-refractivity contribution is -0.00902. The van der Waals surface area contributed by atoms with Crippen molar-refractivity contribution >= 4 is 11.8 Å². The molecule has 3 aliphatic rings. The van der Waals surface area contributed by atoms with Crippen LogP contribution in [-0.2, 0) is 4.74 Å². The number of likely N-dealkylation sites (tertiary alicyclic amines) is 1. The lowest BCUT2D eigenvalue weighted by atomic mass is 9.82. The van der Waals surface area contributed by atoms with Gasteiger partial charge < -0.3 is 19.3 Å². The Kier molecular flexibility index (Phi) is 4.11. The molecule has 0 unspecified atom stereocenters. The Balaban J connectivity index is 1.44. The number of fused-ring (bicyclic) bond motifs is 1. The van der Waals surface area contributed by atoms with E-state index in [2.05, 4.69) is 0 Å². The summed E-state index contributed by atoms with van der Waals surface area (Å²) < 4.78 is 24.7. The molecular weight excluding hydrogens is 327 g/mol. The van der Waals surface area contributed by atoms with Crippen molar-refractivity contribution < 1.29 is 23.5 Å². The normalized spacial score (nSPS) is 22.5. The van der Waals surface area contributed by atoms with Crippen LogP contribution in [0.2, 0.25) is 0 Å². The maximum atomic E-state index is 13.4. The van der Waals surface area contributed by atoms with Gasteiger partial charge in [-0.1, -0.05) is 0 Å². The fourth-order valence-electron chi connectivity index (χ4n) is 3.81. The molecule has 0 atom stereocenters. The van der Waals surface area contributed by atoms with Crippen LogP contribution >= 0.6 is 0 Å². The number of morpholine rings is 1. The maximum Gasteiger partial charge on any atom is 0.320 e. The number of rotatable bonds is 0. The second kappa shape index (κ2) is 6.29. The Morgan fingerprint density at radius 1 is 1.08 bits per heavy atom. The lowest BCUT2D eigenvalue weighted by Gasteiger charge is -2.45. The third-order valence-electron chi connectivity index (χ3n) is 5.28. The predicted octanol–water partition coefficient (Wildman–Crippen LogP) is 2.08. The molecule has 0 aromatic heterocycles. The van der Waals surface area contributed by atoms with Gasteiger partial charge in [-0.05, 0) is 18.2 Å². The summed E-state index contributed by atoms with van der Waals surface area (Å²) >= 11 is 0. The van der Waals surface area contributed by atoms with Crippen LogP contribution in [0.15, 0.2) is 18.2 Å². The Labute approximate surface area is 145 Å². The molecule has 3 heterocycles. The summed E-state index contributed by atoms with van der Waals surface area (Å²) in [6.45, 7) is 3.51. The van der Waals surface area contributed by atoms with Crippen molar-refractivity contribution in [1.82, 2.24) is 9.80 Å². The average Bonchev–Trinajstić information content (AvgIpc) is 2.63. The monoisotopic (exact) mass is 348 g/mol. The third kappa shape index (κ3) is 3.08. The van der Waals surface area contributed by atoms with Crippen LogP contribution in [0.4, 0.5) is 9.18 Å². The number of ketones is 1. The molecule has 7 heteroatoms. The number of benzene rings is 1. The minimum absolute atomic E-state index is 0.0303. The highest BCUT2D eigenvalue weighted by molar-refractivity contribution is 6.00. The van der Waals surface area contributed by atoms with Crippen molar-refractivity contribution in [3.63, 3.8) is 0 Å². The van der Waals surface area contributed by atoms with E-state index in [0.29, 0.717) is 63.5 Å². The second-order valence-corrected chi connectivity index (χ2v) is 6.89. The molecule has 0 aliphatic carbocycles. The van der Waals surface area contributed by atoms with E-state index in [0.717, 1.165) is 0 Å². The third-order valence-corrected chi connectivity index (χ3v) is 5.28. The average molecular weight is 348 g/mol. The number of hydrogen-bond donors (Lipinski definition) is 0. The van der Waals surface area contributed by atoms with Gasteiger partial charge in [0.2, 0.25) is 0 Å². The van der Waals surface area contributed by atoms with Crippen LogP contribution in [0.1, 0.15) is 29.6 Å². The first-order chi connectivity index (χ1) is 12.1. The molecule has 1 aromatic rings. The first-order valence-electron chi connectivity index (χ1n) is 8.70. The van der Waals surface area contributed by atoms with Crippen LogP contribution in [0.3, 0.4) is 0 Å². The van der Waals surface area contributed by atoms with E-state index in [-0.39, 0.29) is 18.2 Å². The van der Waals surface area contributed by atoms with Gasteiger partial charge in [0.1, 0.15) is 17.2 Å². The maximum absolute atomic E-state index is 13.4. The molecule has 0 N–H and O–H groups in total. The van der Waals surface area contributed by atoms with Gasteiger partial charge in [0.15, 0.2) is 5.78 Å². The largest absolute Gasteiger partial charge is 0.486 e. The van der Waals surface area contributed by atoms with Crippen molar-refractivity contribution in [2.45, 2.75) is 24.9 Å². The highest BCUT2D eigenvalue weighted by Crippen LogP contribution is 2.39. The molecule has 1 spiro atoms. The molecule has 0 saturated carbocycles. The molecule has 4 rings (SSSR count). The molecule has 2 amide bonds. The van der Waals surface area contributed by atoms with E-state index >= 15 is 0 Å². The van der Waals surface area contributed by atoms with Gasteiger partial charge in [-0.25, -0.2) is 9.18 Å². The summed E-state index contributed by atoms with van der Waals surface area (Å²) in [6.07, 6.45) is 1.44. The van der Waals surface area contributed by atoms with E-state index in [4.69, 9.17) is 9.47 Å². The fourth-order valence-corrected chi connectivity index (χ4v) is 3.81. The summed E-state index contributed by atoms with van der Waals surface area (Å²) in [5.74, 6) is -0.0723. The van der Waals surface area contributed by atoms with Gasteiger partial charge in [0, 0.05) is 39.0 Å². The first-order valence-corrected chi connectivity index (χ1v) is 8.70. The zero-order valence-electron chi connectivity index (χ0n) is 14.0. The van der Waals surface area contributed by atoms with Gasteiger partial charge in [-0.15, -0.1) is 0 Å². The van der Waals surface area contributed by atoms with Crippen LogP contribution in [0, 0.1) is 5.82 Å². The molecule has 25 heavy (non-hydrogen) atoms. The van der Waals surface area contributed by atoms with Crippen molar-refractivity contribution in [1.29, 1.82) is 0 Å². The Morgan fingerprint density at radius 3 is 2.48 bits per heavy atom. The SMILES string of the molecule is O=C1CC2(CCN(C(=O)N3CCOCC3)CC2)Oc2ccc(F)cc21. The molecule has 2 saturated heterocycles. The lowest BCUT2D eigenvalue weighted by Crippen LogP contribution is -2.56. The fraction of sp³-hybridized carbons (Fsp3) is 0.556. The molecule has 134 valence electrons. The Hall–Kier alpha value is -2.15. The van der Waals surface area contributed by atoms with Crippen molar-refractivity contribution in [2.24, 2.45) is 0 Å². The summed E-state index contributed by atoms with van der Waals surface area (Å²) in [4.78, 5) is 28.6. The molecule has 3 aliphatic heterocycles. The smallest absolute Gasteiger partial charge is 0.320 e. The summed E-state index contributed by atoms with van der Waals surface area (Å²) in [5.41, 5.74) is -0.263. The second-order valence-electron chi connectivity index (χ2n) is 6.89. The molecule has 0 bridgehead atoms. The highest BCUT2D eigenvalue weighted by Gasteiger charge is 2.44. The Bertz CT molecular complexity index is 694. The summed E-state index contributed by atoms with van der Waals surface area (Å²) in [5, 5.41) is 0. The summed E-state index contributed by atoms with van der Waals surface area (Å²) in [6, 6.07) is 4.10. The topological polar surface area (TPSA) is 59.1 Å². The number of urea groups is 1. The molecule has 2 fully saturated rings. The number of piperidine rings is 1. The number of carbonyl (C=O) groups is 2. The van der Waals surface area contributed by atoms with Crippen LogP contribution in [0.25, 0.3) is 0 Å². The molecule has 1 aromatic carbocycles. The number of carbonyl (C=O) groups excluding carboxylic acids is 2. The van der Waals surface area contributed by atoms with E-state index in [1.807, 2.05) is 9.80 Å². The number of amides is 2. The summed E-state index contributed by atoms with van der Waals surface area (Å²) in [7, 11) is 0. The van der Waals surface area contributed by atoms with Gasteiger partial charge >= 0.3 is 6.03 Å². The molecule has 0 radical (unpaired) electrons. The molecule has 6 nitrogen and oxygen atoms in total. The van der Waals surface area contributed by atoms with E-state index in [9.17, 15) is 14.0 Å². The van der Waals surface area contributed by atoms with E-state index < -0.39 is 11.4 Å². The standard InChI is InChI=1S/C18H21FN2O4/c19-13-1-2-16-14(11-13)15(22)12-18(25-16)3-5-20(6-4-18)17(23)21-7-9-24-10-8-21/h1-2,11H,3-10,12H2. The number of Topliss-reactive ketones (excluding diaryl/α,β-unsaturated/α-hetero) is 1. The van der Waals surface area contributed by atoms with Crippen LogP contribution in [-0.4, -0.2) is 66.6 Å². The number of hydrogen-bond acceptors (Lipinski definition) is 4. The van der Waals surface area contributed by atoms with Crippen molar-refractivity contribution in [3.8, 4) is 5.75 Å². The van der Waals surface area contributed by atoms with Gasteiger partial charge in [-0.2, -0.15) is 0 Å². The Morgan fingerprint density at radius 2 is 1.76 bits per heavy atom. The first kappa shape index (κ1) is 16.3. The van der Waals surface area contributed by atoms with Crippen molar-refractivity contribution in [2.75, 3.05) is 39.4 Å². The molecular formula is C18H21FN2O4. The van der Waals surface area contributed by atoms with E-state index in [1.165, 1.54) is 18.2 Å². The van der Waals surface area contributed by atoms with Gasteiger partial charge in [0.25, 0.3) is 0 Å². The number of nitrogens with zero attached hydrogens (tertiary/aromatic N) is 2. The van der Waals surface area contributed by atoms with Crippen LogP contribution in [0.5, 0.6) is 5.75 Å². The zero-order valence-corrected chi connectivity index (χ0v) is 14.0. The quantitative estimate of drug-likeness (QED) is 0.720. The van der Waals surface area contributed by atoms with Gasteiger partial charge in [0.05, 0.1) is 25.2 Å². The van der Waals surface area contributed by atoms with Gasteiger partial charge in [-0.3, -0.25) is 4.79 Å². The highest BCUT2D eigenvalue weighted by atomic mass is 19.1. The van der Waals surface area contributed by atoms with Crippen LogP contribution < -0.4 is 4.74 Å². The predicted molar refractivity (Wildman–Crippen MR) is 87.3 cm³/mol. The number of ether oxygens (including phenoxy) is 2. The minimum Gasteiger partial charge on any atom is -0.486 e. The number of halogens is 1. The minimum atomic E-state index is -0.580.